The number of rotatable bonds is 4. The van der Waals surface area contributed by atoms with E-state index in [0.29, 0.717) is 5.57 Å². The van der Waals surface area contributed by atoms with Gasteiger partial charge in [0.05, 0.1) is 6.61 Å². The van der Waals surface area contributed by atoms with Crippen molar-refractivity contribution < 1.29 is 19.0 Å². The van der Waals surface area contributed by atoms with Crippen LogP contribution >= 0.6 is 0 Å². The van der Waals surface area contributed by atoms with Crippen molar-refractivity contribution in [3.63, 3.8) is 0 Å². The van der Waals surface area contributed by atoms with E-state index in [2.05, 4.69) is 0 Å². The van der Waals surface area contributed by atoms with Crippen LogP contribution in [0.1, 0.15) is 12.5 Å². The first-order valence-electron chi connectivity index (χ1n) is 4.82. The van der Waals surface area contributed by atoms with Gasteiger partial charge in [0, 0.05) is 6.92 Å². The van der Waals surface area contributed by atoms with E-state index in [-0.39, 0.29) is 19.0 Å². The fourth-order valence-electron chi connectivity index (χ4n) is 1.21. The van der Waals surface area contributed by atoms with Gasteiger partial charge in [0.2, 0.25) is 0 Å². The number of ether oxygens (including phenoxy) is 1. The molecule has 0 unspecified atom stereocenters. The molecule has 1 N–H and O–H groups in total. The summed E-state index contributed by atoms with van der Waals surface area (Å²) in [6, 6.07) is 5.77. The summed E-state index contributed by atoms with van der Waals surface area (Å²) in [6.45, 7) is 1.22. The third-order valence-electron chi connectivity index (χ3n) is 1.98. The van der Waals surface area contributed by atoms with E-state index in [9.17, 15) is 9.18 Å². The van der Waals surface area contributed by atoms with Gasteiger partial charge in [0.25, 0.3) is 0 Å². The summed E-state index contributed by atoms with van der Waals surface area (Å²) < 4.78 is 17.5. The smallest absolute Gasteiger partial charge is 0.302 e. The largest absolute Gasteiger partial charge is 0.461 e. The third kappa shape index (κ3) is 3.82. The molecule has 0 aliphatic rings. The zero-order valence-electron chi connectivity index (χ0n) is 8.94. The highest BCUT2D eigenvalue weighted by Crippen LogP contribution is 2.15. The molecule has 0 saturated carbocycles. The van der Waals surface area contributed by atoms with Crippen LogP contribution in [-0.2, 0) is 9.53 Å². The first-order chi connectivity index (χ1) is 7.63. The highest BCUT2D eigenvalue weighted by atomic mass is 19.1. The molecule has 0 atom stereocenters. The van der Waals surface area contributed by atoms with Crippen molar-refractivity contribution in [3.8, 4) is 0 Å². The number of hydrogen-bond donors (Lipinski definition) is 1. The second-order valence-corrected chi connectivity index (χ2v) is 3.20. The fraction of sp³-hybridized carbons (Fsp3) is 0.250. The highest BCUT2D eigenvalue weighted by Gasteiger charge is 2.03. The zero-order chi connectivity index (χ0) is 12.0. The van der Waals surface area contributed by atoms with Gasteiger partial charge in [-0.2, -0.15) is 0 Å². The molecule has 0 bridgehead atoms. The monoisotopic (exact) mass is 224 g/mol. The summed E-state index contributed by atoms with van der Waals surface area (Å²) >= 11 is 0. The van der Waals surface area contributed by atoms with Crippen molar-refractivity contribution in [2.24, 2.45) is 0 Å². The Labute approximate surface area is 93.2 Å². The number of halogens is 1. The Hall–Kier alpha value is -1.68. The molecule has 0 aromatic heterocycles. The second kappa shape index (κ2) is 6.02. The molecular formula is C12H13FO3. The third-order valence-corrected chi connectivity index (χ3v) is 1.98. The average Bonchev–Trinajstić information content (AvgIpc) is 2.25. The summed E-state index contributed by atoms with van der Waals surface area (Å²) in [5, 5.41) is 8.83. The minimum absolute atomic E-state index is 0.0710. The minimum Gasteiger partial charge on any atom is -0.461 e. The standard InChI is InChI=1S/C12H13FO3/c1-9(15)16-8-11(6-7-14)10-2-4-12(13)5-3-10/h2-6,14H,7-8H2,1H3/b11-6+. The van der Waals surface area contributed by atoms with Gasteiger partial charge < -0.3 is 9.84 Å². The predicted molar refractivity (Wildman–Crippen MR) is 58.1 cm³/mol. The summed E-state index contributed by atoms with van der Waals surface area (Å²) in [5.74, 6) is -0.731. The van der Waals surface area contributed by atoms with Gasteiger partial charge in [-0.05, 0) is 23.3 Å². The van der Waals surface area contributed by atoms with E-state index in [4.69, 9.17) is 9.84 Å². The average molecular weight is 224 g/mol. The second-order valence-electron chi connectivity index (χ2n) is 3.20. The van der Waals surface area contributed by atoms with Gasteiger partial charge in [-0.3, -0.25) is 4.79 Å². The highest BCUT2D eigenvalue weighted by molar-refractivity contribution is 5.71. The van der Waals surface area contributed by atoms with Gasteiger partial charge >= 0.3 is 5.97 Å². The molecule has 1 aromatic rings. The molecule has 0 spiro atoms. The molecule has 1 rings (SSSR count). The van der Waals surface area contributed by atoms with E-state index in [1.165, 1.54) is 25.1 Å². The molecule has 4 heteroatoms. The van der Waals surface area contributed by atoms with E-state index in [1.807, 2.05) is 0 Å². The maximum Gasteiger partial charge on any atom is 0.302 e. The van der Waals surface area contributed by atoms with Gasteiger partial charge in [-0.25, -0.2) is 4.39 Å². The number of hydrogen-bond acceptors (Lipinski definition) is 3. The number of carbonyl (C=O) groups excluding carboxylic acids is 1. The summed E-state index contributed by atoms with van der Waals surface area (Å²) in [5.41, 5.74) is 1.37. The predicted octanol–water partition coefficient (Wildman–Crippen LogP) is 1.76. The molecule has 86 valence electrons. The lowest BCUT2D eigenvalue weighted by atomic mass is 10.1. The minimum atomic E-state index is -0.397. The van der Waals surface area contributed by atoms with E-state index >= 15 is 0 Å². The van der Waals surface area contributed by atoms with E-state index < -0.39 is 5.97 Å². The quantitative estimate of drug-likeness (QED) is 0.793. The topological polar surface area (TPSA) is 46.5 Å². The normalized spacial score (nSPS) is 11.3. The Balaban J connectivity index is 2.81. The molecule has 1 aromatic carbocycles. The number of benzene rings is 1. The Morgan fingerprint density at radius 1 is 1.44 bits per heavy atom. The van der Waals surface area contributed by atoms with Crippen LogP contribution < -0.4 is 0 Å². The lowest BCUT2D eigenvalue weighted by Crippen LogP contribution is -2.03. The first kappa shape index (κ1) is 12.4. The molecule has 0 amide bonds. The molecular weight excluding hydrogens is 211 g/mol. The van der Waals surface area contributed by atoms with Crippen LogP contribution in [0.2, 0.25) is 0 Å². The van der Waals surface area contributed by atoms with Crippen molar-refractivity contribution in [2.45, 2.75) is 6.92 Å². The molecule has 0 heterocycles. The van der Waals surface area contributed by atoms with Crippen molar-refractivity contribution in [1.29, 1.82) is 0 Å². The number of esters is 1. The van der Waals surface area contributed by atoms with Crippen LogP contribution in [-0.4, -0.2) is 24.3 Å². The Morgan fingerprint density at radius 2 is 2.06 bits per heavy atom. The molecule has 0 saturated heterocycles. The molecule has 0 aliphatic heterocycles. The van der Waals surface area contributed by atoms with Gasteiger partial charge in [-0.1, -0.05) is 18.2 Å². The van der Waals surface area contributed by atoms with Crippen LogP contribution in [0.25, 0.3) is 5.57 Å². The summed E-state index contributed by atoms with van der Waals surface area (Å²) in [6.07, 6.45) is 1.52. The van der Waals surface area contributed by atoms with E-state index in [1.54, 1.807) is 12.1 Å². The lowest BCUT2D eigenvalue weighted by molar-refractivity contribution is -0.139. The molecule has 0 fully saturated rings. The Bertz CT molecular complexity index is 382. The maximum absolute atomic E-state index is 12.7. The van der Waals surface area contributed by atoms with E-state index in [0.717, 1.165) is 5.56 Å². The molecule has 0 aliphatic carbocycles. The van der Waals surface area contributed by atoms with Crippen molar-refractivity contribution >= 4 is 11.5 Å². The van der Waals surface area contributed by atoms with Crippen molar-refractivity contribution in [3.05, 3.63) is 41.7 Å². The number of aliphatic hydroxyl groups is 1. The molecule has 0 radical (unpaired) electrons. The Kier molecular flexibility index (Phi) is 4.66. The number of aliphatic hydroxyl groups excluding tert-OH is 1. The van der Waals surface area contributed by atoms with Gasteiger partial charge in [-0.15, -0.1) is 0 Å². The van der Waals surface area contributed by atoms with Crippen molar-refractivity contribution in [1.82, 2.24) is 0 Å². The molecule has 16 heavy (non-hydrogen) atoms. The Morgan fingerprint density at radius 3 is 2.56 bits per heavy atom. The van der Waals surface area contributed by atoms with Gasteiger partial charge in [0.1, 0.15) is 12.4 Å². The maximum atomic E-state index is 12.7. The number of carbonyl (C=O) groups is 1. The zero-order valence-corrected chi connectivity index (χ0v) is 8.94. The van der Waals surface area contributed by atoms with Crippen LogP contribution in [0.15, 0.2) is 30.3 Å². The molecule has 3 nitrogen and oxygen atoms in total. The summed E-state index contributed by atoms with van der Waals surface area (Å²) in [4.78, 5) is 10.7. The van der Waals surface area contributed by atoms with Crippen LogP contribution in [0.4, 0.5) is 4.39 Å². The van der Waals surface area contributed by atoms with Crippen molar-refractivity contribution in [2.75, 3.05) is 13.2 Å². The fourth-order valence-corrected chi connectivity index (χ4v) is 1.21. The van der Waals surface area contributed by atoms with Crippen LogP contribution in [0.3, 0.4) is 0 Å². The first-order valence-corrected chi connectivity index (χ1v) is 4.82. The summed E-state index contributed by atoms with van der Waals surface area (Å²) in [7, 11) is 0. The lowest BCUT2D eigenvalue weighted by Gasteiger charge is -2.07. The SMILES string of the molecule is CC(=O)OC/C(=C\CO)c1ccc(F)cc1. The van der Waals surface area contributed by atoms with Crippen LogP contribution in [0.5, 0.6) is 0 Å². The van der Waals surface area contributed by atoms with Crippen LogP contribution in [0, 0.1) is 5.82 Å². The van der Waals surface area contributed by atoms with Gasteiger partial charge in [0.15, 0.2) is 0 Å².